The summed E-state index contributed by atoms with van der Waals surface area (Å²) < 4.78 is 22.4. The molecule has 164 valence electrons. The Morgan fingerprint density at radius 2 is 1.81 bits per heavy atom. The van der Waals surface area contributed by atoms with Gasteiger partial charge in [-0.3, -0.25) is 4.79 Å². The Labute approximate surface area is 186 Å². The van der Waals surface area contributed by atoms with Gasteiger partial charge in [0.1, 0.15) is 12.4 Å². The lowest BCUT2D eigenvalue weighted by atomic mass is 9.73. The zero-order chi connectivity index (χ0) is 22.0. The molecule has 6 heteroatoms. The highest BCUT2D eigenvalue weighted by atomic mass is 16.7. The second kappa shape index (κ2) is 8.55. The summed E-state index contributed by atoms with van der Waals surface area (Å²) in [6, 6.07) is 17.4. The standard InChI is InChI=1S/C26H25NO5/c1-2-13-30-22-10-8-21(19-5-3-4-6-20(19)22)27-25(28)26(11-14-29-15-12-26)18-7-9-23-24(16-18)32-17-31-23/h2-10,16H,1,11-15,17H2,(H,27,28). The average molecular weight is 431 g/mol. The first-order valence-electron chi connectivity index (χ1n) is 10.8. The van der Waals surface area contributed by atoms with Crippen LogP contribution < -0.4 is 19.5 Å². The lowest BCUT2D eigenvalue weighted by Crippen LogP contribution is -2.44. The third-order valence-corrected chi connectivity index (χ3v) is 6.20. The molecular formula is C26H25NO5. The summed E-state index contributed by atoms with van der Waals surface area (Å²) >= 11 is 0. The Morgan fingerprint density at radius 1 is 1.03 bits per heavy atom. The smallest absolute Gasteiger partial charge is 0.235 e. The van der Waals surface area contributed by atoms with E-state index in [2.05, 4.69) is 11.9 Å². The third-order valence-electron chi connectivity index (χ3n) is 6.20. The Bertz CT molecular complexity index is 1170. The average Bonchev–Trinajstić information content (AvgIpc) is 3.32. The van der Waals surface area contributed by atoms with Crippen molar-refractivity contribution in [1.82, 2.24) is 0 Å². The van der Waals surface area contributed by atoms with Crippen LogP contribution in [0.4, 0.5) is 5.69 Å². The minimum Gasteiger partial charge on any atom is -0.489 e. The molecule has 3 aromatic rings. The van der Waals surface area contributed by atoms with E-state index in [0.717, 1.165) is 27.8 Å². The molecule has 5 rings (SSSR count). The Hall–Kier alpha value is -3.51. The van der Waals surface area contributed by atoms with Crippen molar-refractivity contribution in [2.24, 2.45) is 0 Å². The first-order chi connectivity index (χ1) is 15.7. The van der Waals surface area contributed by atoms with Crippen LogP contribution in [0.5, 0.6) is 17.2 Å². The minimum absolute atomic E-state index is 0.0513. The zero-order valence-corrected chi connectivity index (χ0v) is 17.8. The number of ether oxygens (including phenoxy) is 4. The van der Waals surface area contributed by atoms with Gasteiger partial charge in [-0.15, -0.1) is 0 Å². The molecule has 0 aromatic heterocycles. The van der Waals surface area contributed by atoms with Crippen molar-refractivity contribution in [3.05, 3.63) is 72.8 Å². The molecular weight excluding hydrogens is 406 g/mol. The first-order valence-corrected chi connectivity index (χ1v) is 10.8. The summed E-state index contributed by atoms with van der Waals surface area (Å²) in [4.78, 5) is 13.8. The SMILES string of the molecule is C=CCOc1ccc(NC(=O)C2(c3ccc4c(c3)OCO4)CCOCC2)c2ccccc12. The summed E-state index contributed by atoms with van der Waals surface area (Å²) in [6.07, 6.45) is 2.90. The molecule has 2 aliphatic rings. The van der Waals surface area contributed by atoms with E-state index in [1.807, 2.05) is 54.6 Å². The third kappa shape index (κ3) is 3.56. The molecule has 1 fully saturated rings. The maximum atomic E-state index is 13.8. The molecule has 1 saturated heterocycles. The van der Waals surface area contributed by atoms with Crippen molar-refractivity contribution < 1.29 is 23.7 Å². The molecule has 0 radical (unpaired) electrons. The van der Waals surface area contributed by atoms with E-state index in [4.69, 9.17) is 18.9 Å². The van der Waals surface area contributed by atoms with Gasteiger partial charge < -0.3 is 24.3 Å². The number of benzene rings is 3. The highest BCUT2D eigenvalue weighted by molar-refractivity contribution is 6.07. The van der Waals surface area contributed by atoms with Crippen LogP contribution in [0, 0.1) is 0 Å². The molecule has 0 unspecified atom stereocenters. The summed E-state index contributed by atoms with van der Waals surface area (Å²) in [5.41, 5.74) is 0.958. The van der Waals surface area contributed by atoms with E-state index in [1.54, 1.807) is 6.08 Å². The molecule has 3 aromatic carbocycles. The normalized spacial score (nSPS) is 16.5. The van der Waals surface area contributed by atoms with E-state index in [0.29, 0.717) is 44.2 Å². The Kier molecular flexibility index (Phi) is 5.45. The van der Waals surface area contributed by atoms with Crippen LogP contribution in [-0.4, -0.2) is 32.5 Å². The van der Waals surface area contributed by atoms with Gasteiger partial charge in [-0.25, -0.2) is 0 Å². The number of hydrogen-bond acceptors (Lipinski definition) is 5. The van der Waals surface area contributed by atoms with Gasteiger partial charge >= 0.3 is 0 Å². The Morgan fingerprint density at radius 3 is 2.62 bits per heavy atom. The molecule has 0 saturated carbocycles. The number of rotatable bonds is 6. The van der Waals surface area contributed by atoms with Crippen molar-refractivity contribution in [2.75, 3.05) is 31.9 Å². The van der Waals surface area contributed by atoms with Crippen molar-refractivity contribution in [3.8, 4) is 17.2 Å². The fourth-order valence-corrected chi connectivity index (χ4v) is 4.46. The molecule has 2 heterocycles. The first kappa shape index (κ1) is 20.4. The molecule has 32 heavy (non-hydrogen) atoms. The van der Waals surface area contributed by atoms with Gasteiger partial charge in [-0.2, -0.15) is 0 Å². The molecule has 0 atom stereocenters. The summed E-state index contributed by atoms with van der Waals surface area (Å²) in [7, 11) is 0. The number of amides is 1. The van der Waals surface area contributed by atoms with Crippen LogP contribution >= 0.6 is 0 Å². The maximum Gasteiger partial charge on any atom is 0.235 e. The fourth-order valence-electron chi connectivity index (χ4n) is 4.46. The number of carbonyl (C=O) groups is 1. The molecule has 0 bridgehead atoms. The van der Waals surface area contributed by atoms with Gasteiger partial charge in [0, 0.05) is 29.7 Å². The monoisotopic (exact) mass is 431 g/mol. The van der Waals surface area contributed by atoms with Crippen LogP contribution in [0.15, 0.2) is 67.3 Å². The van der Waals surface area contributed by atoms with Gasteiger partial charge in [0.2, 0.25) is 12.7 Å². The predicted octanol–water partition coefficient (Wildman–Crippen LogP) is 4.82. The lowest BCUT2D eigenvalue weighted by molar-refractivity contribution is -0.125. The van der Waals surface area contributed by atoms with Gasteiger partial charge in [0.15, 0.2) is 11.5 Å². The van der Waals surface area contributed by atoms with Crippen LogP contribution in [-0.2, 0) is 14.9 Å². The Balaban J connectivity index is 1.51. The molecule has 1 N–H and O–H groups in total. The number of nitrogens with one attached hydrogen (secondary N) is 1. The second-order valence-corrected chi connectivity index (χ2v) is 7.97. The van der Waals surface area contributed by atoms with Crippen LogP contribution in [0.2, 0.25) is 0 Å². The highest BCUT2D eigenvalue weighted by Crippen LogP contribution is 2.42. The van der Waals surface area contributed by atoms with Crippen LogP contribution in [0.3, 0.4) is 0 Å². The van der Waals surface area contributed by atoms with Crippen molar-refractivity contribution in [1.29, 1.82) is 0 Å². The van der Waals surface area contributed by atoms with Gasteiger partial charge in [-0.05, 0) is 42.7 Å². The maximum absolute atomic E-state index is 13.8. The van der Waals surface area contributed by atoms with Crippen LogP contribution in [0.1, 0.15) is 18.4 Å². The van der Waals surface area contributed by atoms with Gasteiger partial charge in [0.05, 0.1) is 5.41 Å². The van der Waals surface area contributed by atoms with E-state index in [-0.39, 0.29) is 12.7 Å². The molecule has 1 amide bonds. The van der Waals surface area contributed by atoms with Gasteiger partial charge in [0.25, 0.3) is 0 Å². The summed E-state index contributed by atoms with van der Waals surface area (Å²) in [6.45, 7) is 5.38. The van der Waals surface area contributed by atoms with Crippen molar-refractivity contribution in [2.45, 2.75) is 18.3 Å². The van der Waals surface area contributed by atoms with E-state index in [1.165, 1.54) is 0 Å². The minimum atomic E-state index is -0.710. The number of hydrogen-bond donors (Lipinski definition) is 1. The lowest BCUT2D eigenvalue weighted by Gasteiger charge is -2.36. The van der Waals surface area contributed by atoms with Crippen molar-refractivity contribution in [3.63, 3.8) is 0 Å². The molecule has 2 aliphatic heterocycles. The molecule has 0 spiro atoms. The summed E-state index contributed by atoms with van der Waals surface area (Å²) in [5, 5.41) is 5.07. The quantitative estimate of drug-likeness (QED) is 0.567. The predicted molar refractivity (Wildman–Crippen MR) is 123 cm³/mol. The zero-order valence-electron chi connectivity index (χ0n) is 17.8. The number of anilines is 1. The van der Waals surface area contributed by atoms with E-state index >= 15 is 0 Å². The van der Waals surface area contributed by atoms with Crippen LogP contribution in [0.25, 0.3) is 10.8 Å². The van der Waals surface area contributed by atoms with Gasteiger partial charge in [-0.1, -0.05) is 43.0 Å². The summed E-state index contributed by atoms with van der Waals surface area (Å²) in [5.74, 6) is 2.09. The van der Waals surface area contributed by atoms with E-state index in [9.17, 15) is 4.79 Å². The highest BCUT2D eigenvalue weighted by Gasteiger charge is 2.42. The second-order valence-electron chi connectivity index (χ2n) is 7.97. The topological polar surface area (TPSA) is 66.0 Å². The number of fused-ring (bicyclic) bond motifs is 2. The fraction of sp³-hybridized carbons (Fsp3) is 0.269. The molecule has 6 nitrogen and oxygen atoms in total. The van der Waals surface area contributed by atoms with E-state index < -0.39 is 5.41 Å². The largest absolute Gasteiger partial charge is 0.489 e. The van der Waals surface area contributed by atoms with Crippen molar-refractivity contribution >= 4 is 22.4 Å². The molecule has 0 aliphatic carbocycles. The number of carbonyl (C=O) groups excluding carboxylic acids is 1.